The molecule has 152 valence electrons. The molecule has 8 nitrogen and oxygen atoms in total. The van der Waals surface area contributed by atoms with Crippen LogP contribution in [0.25, 0.3) is 0 Å². The number of nitro groups is 1. The summed E-state index contributed by atoms with van der Waals surface area (Å²) < 4.78 is 5.34. The van der Waals surface area contributed by atoms with Crippen LogP contribution in [0.5, 0.6) is 5.75 Å². The third kappa shape index (κ3) is 4.90. The maximum Gasteiger partial charge on any atom is 0.271 e. The van der Waals surface area contributed by atoms with E-state index in [1.807, 2.05) is 30.3 Å². The summed E-state index contributed by atoms with van der Waals surface area (Å²) in [6.07, 6.45) is 0.745. The summed E-state index contributed by atoms with van der Waals surface area (Å²) in [5.41, 5.74) is 1.04. The fourth-order valence-corrected chi connectivity index (χ4v) is 3.30. The minimum Gasteiger partial charge on any atom is -0.482 e. The van der Waals surface area contributed by atoms with Crippen LogP contribution in [-0.4, -0.2) is 29.9 Å². The second-order valence-corrected chi connectivity index (χ2v) is 7.34. The topological polar surface area (TPSA) is 102 Å². The lowest BCUT2D eigenvalue weighted by Gasteiger charge is -2.29. The summed E-state index contributed by atoms with van der Waals surface area (Å²) in [5, 5.41) is 14.1. The predicted octanol–water partition coefficient (Wildman–Crippen LogP) is 3.22. The molecule has 0 saturated heterocycles. The number of non-ortho nitro benzene ring substituents is 1. The summed E-state index contributed by atoms with van der Waals surface area (Å²) in [5.74, 6) is -0.0702. The lowest BCUT2D eigenvalue weighted by Crippen LogP contribution is -2.46. The zero-order valence-electron chi connectivity index (χ0n) is 16.3. The summed E-state index contributed by atoms with van der Waals surface area (Å²) in [6, 6.07) is 13.4. The number of hydrogen-bond donors (Lipinski definition) is 1. The van der Waals surface area contributed by atoms with Gasteiger partial charge in [-0.3, -0.25) is 24.6 Å². The van der Waals surface area contributed by atoms with E-state index in [4.69, 9.17) is 4.74 Å². The van der Waals surface area contributed by atoms with E-state index in [2.05, 4.69) is 19.2 Å². The molecule has 0 aliphatic carbocycles. The number of anilines is 1. The Bertz CT molecular complexity index is 914. The van der Waals surface area contributed by atoms with E-state index in [9.17, 15) is 19.7 Å². The molecule has 2 aromatic rings. The molecule has 0 spiro atoms. The number of rotatable bonds is 7. The van der Waals surface area contributed by atoms with Crippen LogP contribution >= 0.6 is 0 Å². The number of nitro benzene ring substituents is 1. The van der Waals surface area contributed by atoms with Crippen LogP contribution < -0.4 is 15.0 Å². The number of nitrogens with one attached hydrogen (secondary N) is 1. The molecule has 1 atom stereocenters. The van der Waals surface area contributed by atoms with Crippen molar-refractivity contribution in [2.75, 3.05) is 18.1 Å². The standard InChI is InChI=1S/C21H23N3O5/c1-14(2)10-17(15-6-4-3-5-7-15)22-20(25)12-23-18-11-16(24(27)28)8-9-19(18)29-13-21(23)26/h3-9,11,14,17H,10,12-13H2,1-2H3,(H,22,25). The number of nitrogens with zero attached hydrogens (tertiary/aromatic N) is 2. The summed E-state index contributed by atoms with van der Waals surface area (Å²) >= 11 is 0. The highest BCUT2D eigenvalue weighted by Crippen LogP contribution is 2.35. The van der Waals surface area contributed by atoms with Gasteiger partial charge in [0.25, 0.3) is 11.6 Å². The molecule has 0 saturated carbocycles. The maximum absolute atomic E-state index is 12.8. The number of ether oxygens (including phenoxy) is 1. The van der Waals surface area contributed by atoms with Crippen LogP contribution in [0.2, 0.25) is 0 Å². The zero-order chi connectivity index (χ0) is 21.0. The van der Waals surface area contributed by atoms with Crippen molar-refractivity contribution in [3.05, 3.63) is 64.2 Å². The van der Waals surface area contributed by atoms with Crippen LogP contribution in [0.4, 0.5) is 11.4 Å². The van der Waals surface area contributed by atoms with Gasteiger partial charge in [-0.1, -0.05) is 44.2 Å². The monoisotopic (exact) mass is 397 g/mol. The van der Waals surface area contributed by atoms with Crippen LogP contribution in [0.15, 0.2) is 48.5 Å². The average molecular weight is 397 g/mol. The largest absolute Gasteiger partial charge is 0.482 e. The SMILES string of the molecule is CC(C)CC(NC(=O)CN1C(=O)COc2ccc([N+](=O)[O-])cc21)c1ccccc1. The van der Waals surface area contributed by atoms with Crippen LogP contribution in [-0.2, 0) is 9.59 Å². The number of amides is 2. The first-order chi connectivity index (χ1) is 13.8. The van der Waals surface area contributed by atoms with Crippen molar-refractivity contribution in [2.45, 2.75) is 26.3 Å². The van der Waals surface area contributed by atoms with Gasteiger partial charge in [0.05, 0.1) is 16.7 Å². The molecular formula is C21H23N3O5. The Balaban J connectivity index is 1.80. The number of carbonyl (C=O) groups is 2. The fraction of sp³-hybridized carbons (Fsp3) is 0.333. The average Bonchev–Trinajstić information content (AvgIpc) is 2.69. The molecule has 2 amide bonds. The first-order valence-electron chi connectivity index (χ1n) is 9.41. The smallest absolute Gasteiger partial charge is 0.271 e. The third-order valence-electron chi connectivity index (χ3n) is 4.64. The quantitative estimate of drug-likeness (QED) is 0.571. The Morgan fingerprint density at radius 1 is 1.24 bits per heavy atom. The highest BCUT2D eigenvalue weighted by atomic mass is 16.6. The first kappa shape index (κ1) is 20.3. The van der Waals surface area contributed by atoms with Gasteiger partial charge >= 0.3 is 0 Å². The molecule has 8 heteroatoms. The zero-order valence-corrected chi connectivity index (χ0v) is 16.3. The molecule has 1 aliphatic rings. The van der Waals surface area contributed by atoms with E-state index in [0.717, 1.165) is 12.0 Å². The predicted molar refractivity (Wildman–Crippen MR) is 108 cm³/mol. The Labute approximate surface area is 168 Å². The van der Waals surface area contributed by atoms with Gasteiger partial charge in [0.1, 0.15) is 12.3 Å². The molecule has 2 aromatic carbocycles. The van der Waals surface area contributed by atoms with E-state index in [-0.39, 0.29) is 36.5 Å². The van der Waals surface area contributed by atoms with Crippen molar-refractivity contribution in [1.82, 2.24) is 5.32 Å². The fourth-order valence-electron chi connectivity index (χ4n) is 3.30. The molecular weight excluding hydrogens is 374 g/mol. The van der Waals surface area contributed by atoms with Gasteiger partial charge in [0.15, 0.2) is 6.61 Å². The van der Waals surface area contributed by atoms with Crippen LogP contribution in [0, 0.1) is 16.0 Å². The van der Waals surface area contributed by atoms with Gasteiger partial charge in [-0.25, -0.2) is 0 Å². The Kier molecular flexibility index (Phi) is 6.11. The third-order valence-corrected chi connectivity index (χ3v) is 4.64. The molecule has 1 unspecified atom stereocenters. The van der Waals surface area contributed by atoms with Crippen LogP contribution in [0.1, 0.15) is 31.9 Å². The Hall–Kier alpha value is -3.42. The molecule has 0 aromatic heterocycles. The lowest BCUT2D eigenvalue weighted by molar-refractivity contribution is -0.384. The molecule has 1 aliphatic heterocycles. The molecule has 0 bridgehead atoms. The second-order valence-electron chi connectivity index (χ2n) is 7.34. The van der Waals surface area contributed by atoms with Gasteiger partial charge < -0.3 is 10.1 Å². The number of carbonyl (C=O) groups excluding carboxylic acids is 2. The Morgan fingerprint density at radius 3 is 2.62 bits per heavy atom. The number of fused-ring (bicyclic) bond motifs is 1. The van der Waals surface area contributed by atoms with Crippen molar-refractivity contribution >= 4 is 23.2 Å². The normalized spacial score (nSPS) is 14.2. The number of hydrogen-bond acceptors (Lipinski definition) is 5. The van der Waals surface area contributed by atoms with Crippen molar-refractivity contribution in [3.8, 4) is 5.75 Å². The maximum atomic E-state index is 12.8. The van der Waals surface area contributed by atoms with Gasteiger partial charge in [-0.15, -0.1) is 0 Å². The van der Waals surface area contributed by atoms with Crippen molar-refractivity contribution in [3.63, 3.8) is 0 Å². The second kappa shape index (κ2) is 8.72. The molecule has 1 N–H and O–H groups in total. The van der Waals surface area contributed by atoms with Gasteiger partial charge in [0, 0.05) is 12.1 Å². The van der Waals surface area contributed by atoms with Crippen LogP contribution in [0.3, 0.4) is 0 Å². The van der Waals surface area contributed by atoms with E-state index in [0.29, 0.717) is 11.7 Å². The van der Waals surface area contributed by atoms with Gasteiger partial charge in [-0.2, -0.15) is 0 Å². The highest BCUT2D eigenvalue weighted by Gasteiger charge is 2.30. The molecule has 0 radical (unpaired) electrons. The number of benzene rings is 2. The van der Waals surface area contributed by atoms with E-state index < -0.39 is 10.8 Å². The van der Waals surface area contributed by atoms with E-state index >= 15 is 0 Å². The minimum absolute atomic E-state index is 0.172. The minimum atomic E-state index is -0.550. The van der Waals surface area contributed by atoms with Crippen molar-refractivity contribution in [1.29, 1.82) is 0 Å². The summed E-state index contributed by atoms with van der Waals surface area (Å²) in [7, 11) is 0. The van der Waals surface area contributed by atoms with Crippen molar-refractivity contribution in [2.24, 2.45) is 5.92 Å². The molecule has 29 heavy (non-hydrogen) atoms. The molecule has 3 rings (SSSR count). The summed E-state index contributed by atoms with van der Waals surface area (Å²) in [6.45, 7) is 3.69. The van der Waals surface area contributed by atoms with Crippen molar-refractivity contribution < 1.29 is 19.2 Å². The lowest BCUT2D eigenvalue weighted by atomic mass is 9.97. The highest BCUT2D eigenvalue weighted by molar-refractivity contribution is 6.02. The molecule has 1 heterocycles. The van der Waals surface area contributed by atoms with Gasteiger partial charge in [-0.05, 0) is 24.0 Å². The van der Waals surface area contributed by atoms with E-state index in [1.54, 1.807) is 0 Å². The molecule has 0 fully saturated rings. The van der Waals surface area contributed by atoms with Gasteiger partial charge in [0.2, 0.25) is 5.91 Å². The van der Waals surface area contributed by atoms with E-state index in [1.165, 1.54) is 23.1 Å². The summed E-state index contributed by atoms with van der Waals surface area (Å²) in [4.78, 5) is 36.9. The Morgan fingerprint density at radius 2 is 1.97 bits per heavy atom. The first-order valence-corrected chi connectivity index (χ1v) is 9.41.